The van der Waals surface area contributed by atoms with Crippen LogP contribution in [0.4, 0.5) is 5.69 Å². The maximum absolute atomic E-state index is 8.09. The zero-order chi connectivity index (χ0) is 28.4. The fourth-order valence-corrected chi connectivity index (χ4v) is 6.48. The van der Waals surface area contributed by atoms with Crippen LogP contribution < -0.4 is 0 Å². The second-order valence-electron chi connectivity index (χ2n) is 11.0. The van der Waals surface area contributed by atoms with Crippen LogP contribution in [-0.2, 0) is 0 Å². The van der Waals surface area contributed by atoms with Crippen molar-refractivity contribution in [3.63, 3.8) is 0 Å². The van der Waals surface area contributed by atoms with Crippen molar-refractivity contribution in [2.24, 2.45) is 0 Å². The van der Waals surface area contributed by atoms with E-state index in [4.69, 9.17) is 6.57 Å². The van der Waals surface area contributed by atoms with Crippen LogP contribution in [0, 0.1) is 20.4 Å². The molecule has 4 nitrogen and oxygen atoms in total. The SMILES string of the molecule is [C-]#[N+]c1ccc(-n2c3ccccc3c3cc(C)ccc32)cc1-c1cnccc1-n1c2ccccc2c2cc(C)ccc21. The van der Waals surface area contributed by atoms with Gasteiger partial charge in [-0.15, -0.1) is 0 Å². The Kier molecular flexibility index (Phi) is 5.29. The van der Waals surface area contributed by atoms with Crippen LogP contribution in [0.1, 0.15) is 11.1 Å². The van der Waals surface area contributed by atoms with Gasteiger partial charge in [-0.1, -0.05) is 65.7 Å². The smallest absolute Gasteiger partial charge is 0.195 e. The van der Waals surface area contributed by atoms with E-state index in [2.05, 4.69) is 136 Å². The van der Waals surface area contributed by atoms with Crippen molar-refractivity contribution >= 4 is 49.3 Å². The quantitative estimate of drug-likeness (QED) is 0.206. The molecule has 8 aromatic rings. The Labute approximate surface area is 243 Å². The lowest BCUT2D eigenvalue weighted by Crippen LogP contribution is -1.99. The summed E-state index contributed by atoms with van der Waals surface area (Å²) in [6.07, 6.45) is 3.73. The third-order valence-corrected chi connectivity index (χ3v) is 8.34. The van der Waals surface area contributed by atoms with Gasteiger partial charge in [0.1, 0.15) is 0 Å². The number of aromatic nitrogens is 3. The summed E-state index contributed by atoms with van der Waals surface area (Å²) in [5, 5.41) is 4.87. The molecule has 0 fully saturated rings. The lowest BCUT2D eigenvalue weighted by molar-refractivity contribution is 1.15. The highest BCUT2D eigenvalue weighted by Crippen LogP contribution is 2.41. The standard InChI is InChI=1S/C38H26N4/c1-24-12-16-36-30(20-24)27-8-4-6-10-34(27)41(36)26-14-15-33(39-3)29(22-26)32-23-40-19-18-38(32)42-35-11-7-5-9-28(35)31-21-25(2)13-17-37(31)42/h4-23H,1-2H3. The highest BCUT2D eigenvalue weighted by atomic mass is 15.0. The third-order valence-electron chi connectivity index (χ3n) is 8.34. The Morgan fingerprint density at radius 1 is 0.571 bits per heavy atom. The van der Waals surface area contributed by atoms with Crippen molar-refractivity contribution in [1.82, 2.24) is 14.1 Å². The van der Waals surface area contributed by atoms with Crippen LogP contribution in [0.5, 0.6) is 0 Å². The summed E-state index contributed by atoms with van der Waals surface area (Å²) in [6, 6.07) is 38.5. The molecule has 5 aromatic carbocycles. The van der Waals surface area contributed by atoms with Crippen LogP contribution in [0.15, 0.2) is 122 Å². The molecule has 0 unspecified atom stereocenters. The number of hydrogen-bond acceptors (Lipinski definition) is 1. The molecular weight excluding hydrogens is 512 g/mol. The van der Waals surface area contributed by atoms with Crippen molar-refractivity contribution in [2.45, 2.75) is 13.8 Å². The molecule has 3 aromatic heterocycles. The fourth-order valence-electron chi connectivity index (χ4n) is 6.48. The summed E-state index contributed by atoms with van der Waals surface area (Å²) in [4.78, 5) is 8.53. The molecule has 0 saturated heterocycles. The van der Waals surface area contributed by atoms with Gasteiger partial charge in [0.2, 0.25) is 0 Å². The highest BCUT2D eigenvalue weighted by Gasteiger charge is 2.19. The van der Waals surface area contributed by atoms with Gasteiger partial charge < -0.3 is 9.13 Å². The van der Waals surface area contributed by atoms with Crippen LogP contribution >= 0.6 is 0 Å². The lowest BCUT2D eigenvalue weighted by atomic mass is 10.0. The largest absolute Gasteiger partial charge is 0.309 e. The average molecular weight is 539 g/mol. The van der Waals surface area contributed by atoms with E-state index in [0.29, 0.717) is 5.69 Å². The van der Waals surface area contributed by atoms with Crippen molar-refractivity contribution in [2.75, 3.05) is 0 Å². The van der Waals surface area contributed by atoms with Gasteiger partial charge in [0.15, 0.2) is 5.69 Å². The van der Waals surface area contributed by atoms with Crippen LogP contribution in [-0.4, -0.2) is 14.1 Å². The Balaban J connectivity index is 1.43. The Hall–Kier alpha value is -5.66. The van der Waals surface area contributed by atoms with Gasteiger partial charge in [0.25, 0.3) is 0 Å². The minimum Gasteiger partial charge on any atom is -0.309 e. The minimum atomic E-state index is 0.598. The number of nitrogens with zero attached hydrogens (tertiary/aromatic N) is 4. The van der Waals surface area contributed by atoms with E-state index in [-0.39, 0.29) is 0 Å². The minimum absolute atomic E-state index is 0.598. The first kappa shape index (κ1) is 24.2. The number of para-hydroxylation sites is 2. The molecule has 0 spiro atoms. The number of rotatable bonds is 3. The molecule has 0 atom stereocenters. The molecular formula is C38H26N4. The van der Waals surface area contributed by atoms with E-state index in [1.807, 2.05) is 18.5 Å². The molecule has 198 valence electrons. The van der Waals surface area contributed by atoms with Crippen molar-refractivity contribution in [1.29, 1.82) is 0 Å². The zero-order valence-corrected chi connectivity index (χ0v) is 23.3. The number of aryl methyl sites for hydroxylation is 2. The highest BCUT2D eigenvalue weighted by molar-refractivity contribution is 6.11. The van der Waals surface area contributed by atoms with Crippen LogP contribution in [0.3, 0.4) is 0 Å². The first-order valence-corrected chi connectivity index (χ1v) is 14.1. The van der Waals surface area contributed by atoms with Crippen molar-refractivity contribution in [3.8, 4) is 22.5 Å². The molecule has 0 radical (unpaired) electrons. The number of benzene rings is 5. The maximum atomic E-state index is 8.09. The number of fused-ring (bicyclic) bond motifs is 6. The van der Waals surface area contributed by atoms with E-state index in [1.165, 1.54) is 32.7 Å². The van der Waals surface area contributed by atoms with E-state index >= 15 is 0 Å². The van der Waals surface area contributed by atoms with E-state index < -0.39 is 0 Å². The van der Waals surface area contributed by atoms with E-state index in [0.717, 1.165) is 44.6 Å². The Morgan fingerprint density at radius 3 is 1.83 bits per heavy atom. The molecule has 0 aliphatic heterocycles. The van der Waals surface area contributed by atoms with Crippen LogP contribution in [0.2, 0.25) is 0 Å². The normalized spacial score (nSPS) is 11.5. The average Bonchev–Trinajstić information content (AvgIpc) is 3.53. The van der Waals surface area contributed by atoms with Gasteiger partial charge in [-0.25, -0.2) is 4.85 Å². The second-order valence-corrected chi connectivity index (χ2v) is 11.0. The third kappa shape index (κ3) is 3.51. The van der Waals surface area contributed by atoms with Crippen molar-refractivity contribution in [3.05, 3.63) is 144 Å². The number of hydrogen-bond donors (Lipinski definition) is 0. The van der Waals surface area contributed by atoms with Gasteiger partial charge in [0, 0.05) is 45.2 Å². The molecule has 0 amide bonds. The first-order chi connectivity index (χ1) is 20.6. The summed E-state index contributed by atoms with van der Waals surface area (Å²) in [5.41, 5.74) is 11.4. The fraction of sp³-hybridized carbons (Fsp3) is 0.0526. The molecule has 0 aliphatic carbocycles. The van der Waals surface area contributed by atoms with E-state index in [1.54, 1.807) is 0 Å². The van der Waals surface area contributed by atoms with E-state index in [9.17, 15) is 0 Å². The zero-order valence-electron chi connectivity index (χ0n) is 23.3. The molecule has 0 aliphatic rings. The first-order valence-electron chi connectivity index (χ1n) is 14.1. The van der Waals surface area contributed by atoms with Gasteiger partial charge in [-0.3, -0.25) is 4.98 Å². The van der Waals surface area contributed by atoms with Gasteiger partial charge >= 0.3 is 0 Å². The maximum Gasteiger partial charge on any atom is 0.195 e. The number of pyridine rings is 1. The molecule has 8 rings (SSSR count). The second kappa shape index (κ2) is 9.19. The van der Waals surface area contributed by atoms with Crippen molar-refractivity contribution < 1.29 is 0 Å². The molecule has 0 N–H and O–H groups in total. The summed E-state index contributed by atoms with van der Waals surface area (Å²) in [5.74, 6) is 0. The summed E-state index contributed by atoms with van der Waals surface area (Å²) in [7, 11) is 0. The topological polar surface area (TPSA) is 27.1 Å². The molecule has 0 bridgehead atoms. The van der Waals surface area contributed by atoms with Gasteiger partial charge in [0.05, 0.1) is 34.3 Å². The predicted octanol–water partition coefficient (Wildman–Crippen LogP) is 10.1. The Bertz CT molecular complexity index is 2400. The van der Waals surface area contributed by atoms with Gasteiger partial charge in [-0.2, -0.15) is 0 Å². The van der Waals surface area contributed by atoms with Gasteiger partial charge in [-0.05, 0) is 74.0 Å². The molecule has 4 heteroatoms. The summed E-state index contributed by atoms with van der Waals surface area (Å²) in [6.45, 7) is 12.4. The molecule has 0 saturated carbocycles. The summed E-state index contributed by atoms with van der Waals surface area (Å²) < 4.78 is 4.62. The predicted molar refractivity (Wildman–Crippen MR) is 174 cm³/mol. The van der Waals surface area contributed by atoms with Crippen LogP contribution in [0.25, 0.3) is 71.0 Å². The molecule has 42 heavy (non-hydrogen) atoms. The Morgan fingerprint density at radius 2 is 1.17 bits per heavy atom. The summed E-state index contributed by atoms with van der Waals surface area (Å²) >= 11 is 0. The lowest BCUT2D eigenvalue weighted by Gasteiger charge is -2.16. The monoisotopic (exact) mass is 538 g/mol. The molecule has 3 heterocycles.